The van der Waals surface area contributed by atoms with Crippen LogP contribution in [-0.4, -0.2) is 35.7 Å². The Balaban J connectivity index is 1.65. The van der Waals surface area contributed by atoms with Crippen molar-refractivity contribution in [3.8, 4) is 0 Å². The number of nitrogens with one attached hydrogen (secondary N) is 1. The first-order valence-corrected chi connectivity index (χ1v) is 6.46. The van der Waals surface area contributed by atoms with Crippen molar-refractivity contribution in [2.45, 2.75) is 31.0 Å². The average molecular weight is 265 g/mol. The third-order valence-electron chi connectivity index (χ3n) is 3.93. The van der Waals surface area contributed by atoms with Crippen LogP contribution >= 0.6 is 0 Å². The van der Waals surface area contributed by atoms with E-state index in [0.29, 0.717) is 5.92 Å². The molecule has 1 aliphatic heterocycles. The van der Waals surface area contributed by atoms with Gasteiger partial charge in [0.1, 0.15) is 11.5 Å². The molecule has 3 N–H and O–H groups in total. The lowest BCUT2D eigenvalue weighted by atomic mass is 9.68. The second-order valence-electron chi connectivity index (χ2n) is 5.08. The zero-order chi connectivity index (χ0) is 13.4. The Hall–Kier alpha value is -1.53. The van der Waals surface area contributed by atoms with Gasteiger partial charge < -0.3 is 15.8 Å². The molecule has 1 aromatic heterocycles. The average Bonchev–Trinajstić information content (AvgIpc) is 2.45. The summed E-state index contributed by atoms with van der Waals surface area (Å²) in [4.78, 5) is 15.7. The third kappa shape index (κ3) is 2.21. The van der Waals surface area contributed by atoms with Gasteiger partial charge in [0.2, 0.25) is 0 Å². The highest BCUT2D eigenvalue weighted by Crippen LogP contribution is 2.37. The molecule has 0 spiro atoms. The molecule has 0 radical (unpaired) electrons. The molecule has 102 valence electrons. The molecule has 4 unspecified atom stereocenters. The number of fused-ring (bicyclic) bond motifs is 1. The molecule has 1 saturated carbocycles. The van der Waals surface area contributed by atoms with E-state index in [1.165, 1.54) is 12.1 Å². The normalized spacial score (nSPS) is 33.2. The van der Waals surface area contributed by atoms with Gasteiger partial charge in [-0.1, -0.05) is 0 Å². The van der Waals surface area contributed by atoms with Crippen molar-refractivity contribution in [3.05, 3.63) is 29.8 Å². The third-order valence-corrected chi connectivity index (χ3v) is 3.93. The van der Waals surface area contributed by atoms with Crippen molar-refractivity contribution >= 4 is 5.91 Å². The highest BCUT2D eigenvalue weighted by Gasteiger charge is 2.51. The number of aromatic nitrogens is 1. The highest BCUT2D eigenvalue weighted by molar-refractivity contribution is 5.92. The summed E-state index contributed by atoms with van der Waals surface area (Å²) in [7, 11) is 0. The van der Waals surface area contributed by atoms with Crippen LogP contribution in [0.2, 0.25) is 0 Å². The standard InChI is InChI=1S/C13H16FN3O2/c14-7-3-4-9(16-6-7)13(18)17-11-10(15)8-2-1-5-19-12(8)11/h3-4,6,8,10-12H,1-2,5,15H2,(H,17,18). The Bertz CT molecular complexity index is 479. The van der Waals surface area contributed by atoms with Crippen molar-refractivity contribution in [2.75, 3.05) is 6.61 Å². The SMILES string of the molecule is NC1C2CCCOC2C1NC(=O)c1ccc(F)cn1. The first-order valence-electron chi connectivity index (χ1n) is 6.46. The second kappa shape index (κ2) is 4.86. The maximum absolute atomic E-state index is 12.7. The molecule has 2 fully saturated rings. The lowest BCUT2D eigenvalue weighted by molar-refractivity contribution is -0.117. The van der Waals surface area contributed by atoms with Gasteiger partial charge in [-0.3, -0.25) is 4.79 Å². The predicted molar refractivity (Wildman–Crippen MR) is 65.9 cm³/mol. The van der Waals surface area contributed by atoms with Crippen molar-refractivity contribution in [2.24, 2.45) is 11.7 Å². The quantitative estimate of drug-likeness (QED) is 0.814. The summed E-state index contributed by atoms with van der Waals surface area (Å²) < 4.78 is 18.4. The van der Waals surface area contributed by atoms with Crippen LogP contribution in [0.15, 0.2) is 18.3 Å². The van der Waals surface area contributed by atoms with E-state index in [-0.39, 0.29) is 29.8 Å². The van der Waals surface area contributed by atoms with E-state index in [2.05, 4.69) is 10.3 Å². The van der Waals surface area contributed by atoms with Crippen LogP contribution in [0.25, 0.3) is 0 Å². The maximum Gasteiger partial charge on any atom is 0.270 e. The molecular weight excluding hydrogens is 249 g/mol. The van der Waals surface area contributed by atoms with Gasteiger partial charge in [0.25, 0.3) is 5.91 Å². The van der Waals surface area contributed by atoms with Crippen molar-refractivity contribution < 1.29 is 13.9 Å². The van der Waals surface area contributed by atoms with Crippen molar-refractivity contribution in [3.63, 3.8) is 0 Å². The molecular formula is C13H16FN3O2. The minimum Gasteiger partial charge on any atom is -0.376 e. The summed E-state index contributed by atoms with van der Waals surface area (Å²) in [5.74, 6) is -0.471. The van der Waals surface area contributed by atoms with Crippen LogP contribution in [0.5, 0.6) is 0 Å². The number of nitrogens with two attached hydrogens (primary N) is 1. The van der Waals surface area contributed by atoms with Crippen LogP contribution in [0.3, 0.4) is 0 Å². The summed E-state index contributed by atoms with van der Waals surface area (Å²) in [6, 6.07) is 2.32. The molecule has 6 heteroatoms. The lowest BCUT2D eigenvalue weighted by Crippen LogP contribution is -2.72. The van der Waals surface area contributed by atoms with Crippen LogP contribution in [0, 0.1) is 11.7 Å². The van der Waals surface area contributed by atoms with Crippen LogP contribution < -0.4 is 11.1 Å². The molecule has 0 bridgehead atoms. The summed E-state index contributed by atoms with van der Waals surface area (Å²) in [5, 5.41) is 2.83. The molecule has 0 aromatic carbocycles. The largest absolute Gasteiger partial charge is 0.376 e. The fourth-order valence-corrected chi connectivity index (χ4v) is 2.86. The minimum absolute atomic E-state index is 0.00754. The van der Waals surface area contributed by atoms with Crippen LogP contribution in [-0.2, 0) is 4.74 Å². The van der Waals surface area contributed by atoms with Gasteiger partial charge >= 0.3 is 0 Å². The number of rotatable bonds is 2. The Morgan fingerprint density at radius 2 is 2.37 bits per heavy atom. The zero-order valence-electron chi connectivity index (χ0n) is 10.4. The van der Waals surface area contributed by atoms with Gasteiger partial charge in [-0.2, -0.15) is 0 Å². The van der Waals surface area contributed by atoms with Gasteiger partial charge in [0.05, 0.1) is 18.3 Å². The van der Waals surface area contributed by atoms with Crippen LogP contribution in [0.1, 0.15) is 23.3 Å². The number of amides is 1. The Morgan fingerprint density at radius 1 is 1.53 bits per heavy atom. The van der Waals surface area contributed by atoms with Gasteiger partial charge in [-0.05, 0) is 25.0 Å². The fourth-order valence-electron chi connectivity index (χ4n) is 2.86. The summed E-state index contributed by atoms with van der Waals surface area (Å²) in [6.45, 7) is 0.717. The number of ether oxygens (including phenoxy) is 1. The molecule has 1 saturated heterocycles. The molecule has 1 amide bonds. The first-order chi connectivity index (χ1) is 9.16. The number of nitrogens with zero attached hydrogens (tertiary/aromatic N) is 1. The topological polar surface area (TPSA) is 77.2 Å². The lowest BCUT2D eigenvalue weighted by Gasteiger charge is -2.52. The molecule has 2 heterocycles. The van der Waals surface area contributed by atoms with E-state index < -0.39 is 5.82 Å². The van der Waals surface area contributed by atoms with Crippen molar-refractivity contribution in [1.82, 2.24) is 10.3 Å². The van der Waals surface area contributed by atoms with E-state index in [0.717, 1.165) is 25.6 Å². The van der Waals surface area contributed by atoms with E-state index in [1.807, 2.05) is 0 Å². The van der Waals surface area contributed by atoms with E-state index in [9.17, 15) is 9.18 Å². The molecule has 5 nitrogen and oxygen atoms in total. The second-order valence-corrected chi connectivity index (χ2v) is 5.08. The number of carbonyl (C=O) groups excluding carboxylic acids is 1. The molecule has 19 heavy (non-hydrogen) atoms. The number of hydrogen-bond donors (Lipinski definition) is 2. The maximum atomic E-state index is 12.7. The molecule has 4 atom stereocenters. The smallest absolute Gasteiger partial charge is 0.270 e. The summed E-state index contributed by atoms with van der Waals surface area (Å²) >= 11 is 0. The Kier molecular flexibility index (Phi) is 3.20. The fraction of sp³-hybridized carbons (Fsp3) is 0.538. The number of hydrogen-bond acceptors (Lipinski definition) is 4. The van der Waals surface area contributed by atoms with Gasteiger partial charge in [0, 0.05) is 18.6 Å². The highest BCUT2D eigenvalue weighted by atomic mass is 19.1. The molecule has 1 aromatic rings. The van der Waals surface area contributed by atoms with Gasteiger partial charge in [-0.25, -0.2) is 9.37 Å². The summed E-state index contributed by atoms with van der Waals surface area (Å²) in [5.41, 5.74) is 6.24. The predicted octanol–water partition coefficient (Wildman–Crippen LogP) is 0.455. The van der Waals surface area contributed by atoms with E-state index in [4.69, 9.17) is 10.5 Å². The molecule has 3 rings (SSSR count). The minimum atomic E-state index is -0.465. The van der Waals surface area contributed by atoms with E-state index in [1.54, 1.807) is 0 Å². The monoisotopic (exact) mass is 265 g/mol. The van der Waals surface area contributed by atoms with Gasteiger partial charge in [0.15, 0.2) is 0 Å². The zero-order valence-corrected chi connectivity index (χ0v) is 10.4. The van der Waals surface area contributed by atoms with Crippen molar-refractivity contribution in [1.29, 1.82) is 0 Å². The molecule has 2 aliphatic rings. The first kappa shape index (κ1) is 12.5. The van der Waals surface area contributed by atoms with Crippen LogP contribution in [0.4, 0.5) is 4.39 Å². The Morgan fingerprint density at radius 3 is 3.11 bits per heavy atom. The van der Waals surface area contributed by atoms with Gasteiger partial charge in [-0.15, -0.1) is 0 Å². The van der Waals surface area contributed by atoms with E-state index >= 15 is 0 Å². The summed E-state index contributed by atoms with van der Waals surface area (Å²) in [6.07, 6.45) is 3.10. The Labute approximate surface area is 110 Å². The number of halogens is 1. The number of carbonyl (C=O) groups is 1. The number of pyridine rings is 1. The molecule has 1 aliphatic carbocycles.